The number of pyridine rings is 1. The molecular weight excluding hydrogens is 263 g/mol. The Balaban J connectivity index is 2.18. The molecule has 2 nitrogen and oxygen atoms in total. The molecule has 3 heteroatoms. The summed E-state index contributed by atoms with van der Waals surface area (Å²) in [6.45, 7) is 9.46. The molecule has 1 aromatic heterocycles. The summed E-state index contributed by atoms with van der Waals surface area (Å²) in [6.07, 6.45) is 0. The summed E-state index contributed by atoms with van der Waals surface area (Å²) < 4.78 is 13.3. The van der Waals surface area contributed by atoms with Gasteiger partial charge in [-0.2, -0.15) is 0 Å². The highest BCUT2D eigenvalue weighted by Crippen LogP contribution is 2.21. The lowest BCUT2D eigenvalue weighted by atomic mass is 10.0. The number of hydrogen-bond donors (Lipinski definition) is 1. The highest BCUT2D eigenvalue weighted by molar-refractivity contribution is 5.59. The molecule has 0 unspecified atom stereocenters. The molecule has 0 radical (unpaired) electrons. The SMILES string of the molecule is C[C@H](CNC(C)(C)C)c1cccc(-c2cccc(F)c2)n1. The van der Waals surface area contributed by atoms with Crippen molar-refractivity contribution >= 4 is 0 Å². The molecule has 0 amide bonds. The van der Waals surface area contributed by atoms with Crippen LogP contribution in [0.25, 0.3) is 11.3 Å². The predicted octanol–water partition coefficient (Wildman–Crippen LogP) is 4.38. The Bertz CT molecular complexity index is 602. The average molecular weight is 286 g/mol. The first-order valence-electron chi connectivity index (χ1n) is 7.33. The second-order valence-corrected chi connectivity index (χ2v) is 6.49. The van der Waals surface area contributed by atoms with Crippen LogP contribution in [0.1, 0.15) is 39.3 Å². The third kappa shape index (κ3) is 4.64. The first-order chi connectivity index (χ1) is 9.85. The largest absolute Gasteiger partial charge is 0.311 e. The van der Waals surface area contributed by atoms with Crippen LogP contribution in [0.5, 0.6) is 0 Å². The summed E-state index contributed by atoms with van der Waals surface area (Å²) in [5.41, 5.74) is 2.74. The van der Waals surface area contributed by atoms with E-state index in [9.17, 15) is 4.39 Å². The highest BCUT2D eigenvalue weighted by Gasteiger charge is 2.13. The number of nitrogens with zero attached hydrogens (tertiary/aromatic N) is 1. The molecule has 0 saturated heterocycles. The van der Waals surface area contributed by atoms with Gasteiger partial charge in [0.25, 0.3) is 0 Å². The predicted molar refractivity (Wildman–Crippen MR) is 85.8 cm³/mol. The summed E-state index contributed by atoms with van der Waals surface area (Å²) in [4.78, 5) is 4.68. The zero-order chi connectivity index (χ0) is 15.5. The lowest BCUT2D eigenvalue weighted by molar-refractivity contribution is 0.410. The molecule has 0 bridgehead atoms. The Morgan fingerprint density at radius 1 is 1.14 bits per heavy atom. The molecular formula is C18H23FN2. The van der Waals surface area contributed by atoms with Crippen molar-refractivity contribution in [3.8, 4) is 11.3 Å². The quantitative estimate of drug-likeness (QED) is 0.902. The van der Waals surface area contributed by atoms with E-state index in [0.717, 1.165) is 23.5 Å². The first kappa shape index (κ1) is 15.6. The van der Waals surface area contributed by atoms with E-state index in [-0.39, 0.29) is 11.4 Å². The van der Waals surface area contributed by atoms with E-state index in [1.54, 1.807) is 6.07 Å². The molecule has 21 heavy (non-hydrogen) atoms. The monoisotopic (exact) mass is 286 g/mol. The van der Waals surface area contributed by atoms with Crippen LogP contribution in [0, 0.1) is 5.82 Å². The van der Waals surface area contributed by atoms with Crippen LogP contribution < -0.4 is 5.32 Å². The fourth-order valence-corrected chi connectivity index (χ4v) is 2.10. The standard InChI is InChI=1S/C18H23FN2/c1-13(12-20-18(2,3)4)16-9-6-10-17(21-16)14-7-5-8-15(19)11-14/h5-11,13,20H,12H2,1-4H3/t13-/m1/s1. The van der Waals surface area contributed by atoms with Gasteiger partial charge in [0.05, 0.1) is 5.69 Å². The van der Waals surface area contributed by atoms with Crippen LogP contribution in [0.4, 0.5) is 4.39 Å². The number of nitrogens with one attached hydrogen (secondary N) is 1. The Labute approximate surface area is 126 Å². The Hall–Kier alpha value is -1.74. The van der Waals surface area contributed by atoms with Crippen LogP contribution in [0.3, 0.4) is 0 Å². The van der Waals surface area contributed by atoms with Gasteiger partial charge < -0.3 is 5.32 Å². The number of halogens is 1. The molecule has 0 saturated carbocycles. The maximum atomic E-state index is 13.3. The summed E-state index contributed by atoms with van der Waals surface area (Å²) in [5.74, 6) is 0.0693. The third-order valence-corrected chi connectivity index (χ3v) is 3.33. The van der Waals surface area contributed by atoms with Gasteiger partial charge in [0.2, 0.25) is 0 Å². The highest BCUT2D eigenvalue weighted by atomic mass is 19.1. The van der Waals surface area contributed by atoms with E-state index in [4.69, 9.17) is 0 Å². The summed E-state index contributed by atoms with van der Waals surface area (Å²) in [6, 6.07) is 12.5. The summed E-state index contributed by atoms with van der Waals surface area (Å²) in [7, 11) is 0. The molecule has 1 atom stereocenters. The maximum absolute atomic E-state index is 13.3. The van der Waals surface area contributed by atoms with Crippen LogP contribution in [-0.2, 0) is 0 Å². The molecule has 0 fully saturated rings. The molecule has 1 aromatic carbocycles. The van der Waals surface area contributed by atoms with Gasteiger partial charge in [-0.3, -0.25) is 4.98 Å². The van der Waals surface area contributed by atoms with Gasteiger partial charge in [0.1, 0.15) is 5.82 Å². The fraction of sp³-hybridized carbons (Fsp3) is 0.389. The maximum Gasteiger partial charge on any atom is 0.123 e. The van der Waals surface area contributed by atoms with Crippen LogP contribution >= 0.6 is 0 Å². The molecule has 0 aliphatic carbocycles. The van der Waals surface area contributed by atoms with Crippen molar-refractivity contribution in [1.29, 1.82) is 0 Å². The zero-order valence-corrected chi connectivity index (χ0v) is 13.2. The van der Waals surface area contributed by atoms with Gasteiger partial charge in [0, 0.05) is 29.3 Å². The zero-order valence-electron chi connectivity index (χ0n) is 13.2. The van der Waals surface area contributed by atoms with Crippen LogP contribution in [0.2, 0.25) is 0 Å². The van der Waals surface area contributed by atoms with E-state index in [2.05, 4.69) is 38.0 Å². The Morgan fingerprint density at radius 3 is 2.52 bits per heavy atom. The normalized spacial score (nSPS) is 13.2. The molecule has 0 aliphatic rings. The lowest BCUT2D eigenvalue weighted by Gasteiger charge is -2.23. The smallest absolute Gasteiger partial charge is 0.123 e. The van der Waals surface area contributed by atoms with Gasteiger partial charge in [-0.1, -0.05) is 25.1 Å². The second kappa shape index (κ2) is 6.35. The van der Waals surface area contributed by atoms with E-state index >= 15 is 0 Å². The Kier molecular flexibility index (Phi) is 4.73. The minimum atomic E-state index is -0.234. The van der Waals surface area contributed by atoms with Gasteiger partial charge in [-0.25, -0.2) is 4.39 Å². The van der Waals surface area contributed by atoms with Gasteiger partial charge in [-0.15, -0.1) is 0 Å². The first-order valence-corrected chi connectivity index (χ1v) is 7.33. The van der Waals surface area contributed by atoms with Crippen molar-refractivity contribution < 1.29 is 4.39 Å². The number of rotatable bonds is 4. The molecule has 112 valence electrons. The number of benzene rings is 1. The van der Waals surface area contributed by atoms with Crippen LogP contribution in [0.15, 0.2) is 42.5 Å². The third-order valence-electron chi connectivity index (χ3n) is 3.33. The molecule has 2 aromatic rings. The molecule has 0 aliphatic heterocycles. The van der Waals surface area contributed by atoms with Gasteiger partial charge in [0.15, 0.2) is 0 Å². The number of hydrogen-bond acceptors (Lipinski definition) is 2. The lowest BCUT2D eigenvalue weighted by Crippen LogP contribution is -2.38. The summed E-state index contributed by atoms with van der Waals surface area (Å²) >= 11 is 0. The molecule has 1 N–H and O–H groups in total. The molecule has 0 spiro atoms. The minimum absolute atomic E-state index is 0.0917. The Morgan fingerprint density at radius 2 is 1.86 bits per heavy atom. The van der Waals surface area contributed by atoms with Gasteiger partial charge >= 0.3 is 0 Å². The van der Waals surface area contributed by atoms with Crippen LogP contribution in [-0.4, -0.2) is 17.1 Å². The molecule has 1 heterocycles. The van der Waals surface area contributed by atoms with Crippen molar-refractivity contribution in [3.63, 3.8) is 0 Å². The molecule has 2 rings (SSSR count). The van der Waals surface area contributed by atoms with E-state index in [0.29, 0.717) is 5.92 Å². The van der Waals surface area contributed by atoms with E-state index in [1.165, 1.54) is 12.1 Å². The fourth-order valence-electron chi connectivity index (χ4n) is 2.10. The van der Waals surface area contributed by atoms with Crippen molar-refractivity contribution in [2.24, 2.45) is 0 Å². The van der Waals surface area contributed by atoms with Crippen molar-refractivity contribution in [2.45, 2.75) is 39.2 Å². The number of aromatic nitrogens is 1. The topological polar surface area (TPSA) is 24.9 Å². The summed E-state index contributed by atoms with van der Waals surface area (Å²) in [5, 5.41) is 3.49. The average Bonchev–Trinajstić information content (AvgIpc) is 2.44. The van der Waals surface area contributed by atoms with Crippen molar-refractivity contribution in [2.75, 3.05) is 6.54 Å². The minimum Gasteiger partial charge on any atom is -0.311 e. The second-order valence-electron chi connectivity index (χ2n) is 6.49. The van der Waals surface area contributed by atoms with Crippen molar-refractivity contribution in [1.82, 2.24) is 10.3 Å². The van der Waals surface area contributed by atoms with Gasteiger partial charge in [-0.05, 0) is 45.0 Å². The van der Waals surface area contributed by atoms with E-state index < -0.39 is 0 Å². The van der Waals surface area contributed by atoms with Crippen molar-refractivity contribution in [3.05, 3.63) is 54.0 Å². The van der Waals surface area contributed by atoms with E-state index in [1.807, 2.05) is 24.3 Å².